The quantitative estimate of drug-likeness (QED) is 0.371. The summed E-state index contributed by atoms with van der Waals surface area (Å²) in [7, 11) is 0. The predicted octanol–water partition coefficient (Wildman–Crippen LogP) is 5.04. The second kappa shape index (κ2) is 10.3. The number of halogens is 1. The molecule has 8 heteroatoms. The van der Waals surface area contributed by atoms with Crippen LogP contribution in [0, 0.1) is 13.8 Å². The highest BCUT2D eigenvalue weighted by atomic mass is 35.5. The van der Waals surface area contributed by atoms with Crippen LogP contribution < -0.4 is 10.1 Å². The Morgan fingerprint density at radius 3 is 2.73 bits per heavy atom. The van der Waals surface area contributed by atoms with Crippen LogP contribution in [0.15, 0.2) is 60.3 Å². The molecule has 156 valence electrons. The van der Waals surface area contributed by atoms with E-state index in [1.54, 1.807) is 18.2 Å². The monoisotopic (exact) mass is 442 g/mol. The molecule has 0 unspecified atom stereocenters. The Kier molecular flexibility index (Phi) is 7.54. The first-order valence-corrected chi connectivity index (χ1v) is 10.7. The molecule has 1 aromatic heterocycles. The van der Waals surface area contributed by atoms with E-state index < -0.39 is 0 Å². The lowest BCUT2D eigenvalue weighted by Gasteiger charge is -2.10. The van der Waals surface area contributed by atoms with E-state index in [9.17, 15) is 4.79 Å². The maximum absolute atomic E-state index is 12.4. The van der Waals surface area contributed by atoms with Gasteiger partial charge in [0.15, 0.2) is 11.0 Å². The van der Waals surface area contributed by atoms with E-state index in [0.29, 0.717) is 28.2 Å². The topological polar surface area (TPSA) is 69.0 Å². The summed E-state index contributed by atoms with van der Waals surface area (Å²) in [4.78, 5) is 12.4. The van der Waals surface area contributed by atoms with Gasteiger partial charge in [-0.3, -0.25) is 9.36 Å². The number of rotatable bonds is 9. The molecule has 6 nitrogen and oxygen atoms in total. The second-order valence-corrected chi connectivity index (χ2v) is 8.07. The highest BCUT2D eigenvalue weighted by Crippen LogP contribution is 2.22. The van der Waals surface area contributed by atoms with Crippen molar-refractivity contribution in [1.29, 1.82) is 0 Å². The summed E-state index contributed by atoms with van der Waals surface area (Å²) in [5.74, 6) is 1.49. The Morgan fingerprint density at radius 1 is 1.23 bits per heavy atom. The predicted molar refractivity (Wildman–Crippen MR) is 121 cm³/mol. The molecule has 0 aliphatic carbocycles. The molecule has 2 aromatic carbocycles. The van der Waals surface area contributed by atoms with Crippen LogP contribution in [0.1, 0.15) is 17.0 Å². The third kappa shape index (κ3) is 5.87. The number of hydrogen-bond acceptors (Lipinski definition) is 5. The van der Waals surface area contributed by atoms with Crippen LogP contribution in [0.2, 0.25) is 5.02 Å². The molecule has 30 heavy (non-hydrogen) atoms. The normalized spacial score (nSPS) is 10.6. The lowest BCUT2D eigenvalue weighted by Crippen LogP contribution is -2.15. The van der Waals surface area contributed by atoms with E-state index in [-0.39, 0.29) is 18.3 Å². The Bertz CT molecular complexity index is 1030. The van der Waals surface area contributed by atoms with Crippen molar-refractivity contribution in [3.05, 3.63) is 77.1 Å². The fourth-order valence-corrected chi connectivity index (χ4v) is 3.61. The van der Waals surface area contributed by atoms with Gasteiger partial charge in [0.1, 0.15) is 12.4 Å². The standard InChI is InChI=1S/C22H23ClN4O2S/c1-4-11-27-20(13-29-18-9-5-15(2)6-10-18)25-26-22(27)30-14-21(28)24-19-12-17(23)8-7-16(19)3/h4-10,12H,1,11,13-14H2,2-3H3,(H,24,28). The molecule has 0 radical (unpaired) electrons. The van der Waals surface area contributed by atoms with E-state index in [1.165, 1.54) is 17.3 Å². The van der Waals surface area contributed by atoms with Gasteiger partial charge in [-0.25, -0.2) is 0 Å². The molecule has 0 aliphatic rings. The number of thioether (sulfide) groups is 1. The van der Waals surface area contributed by atoms with Crippen molar-refractivity contribution < 1.29 is 9.53 Å². The minimum atomic E-state index is -0.143. The number of nitrogens with zero attached hydrogens (tertiary/aromatic N) is 3. The van der Waals surface area contributed by atoms with E-state index in [2.05, 4.69) is 22.1 Å². The molecule has 0 saturated heterocycles. The van der Waals surface area contributed by atoms with Crippen LogP contribution in [0.3, 0.4) is 0 Å². The fraction of sp³-hybridized carbons (Fsp3) is 0.227. The summed E-state index contributed by atoms with van der Waals surface area (Å²) < 4.78 is 7.71. The average molecular weight is 443 g/mol. The zero-order valence-corrected chi connectivity index (χ0v) is 18.5. The number of benzene rings is 2. The van der Waals surface area contributed by atoms with Gasteiger partial charge in [-0.15, -0.1) is 16.8 Å². The largest absolute Gasteiger partial charge is 0.486 e. The Labute approximate surface area is 185 Å². The number of anilines is 1. The summed E-state index contributed by atoms with van der Waals surface area (Å²) in [5, 5.41) is 12.5. The molecule has 1 N–H and O–H groups in total. The van der Waals surface area contributed by atoms with Gasteiger partial charge in [0.2, 0.25) is 5.91 Å². The first-order chi connectivity index (χ1) is 14.5. The first-order valence-electron chi connectivity index (χ1n) is 9.37. The Hall–Kier alpha value is -2.77. The highest BCUT2D eigenvalue weighted by Gasteiger charge is 2.14. The molecule has 0 fully saturated rings. The lowest BCUT2D eigenvalue weighted by atomic mass is 10.2. The molecule has 0 bridgehead atoms. The van der Waals surface area contributed by atoms with Crippen LogP contribution in [-0.4, -0.2) is 26.4 Å². The van der Waals surface area contributed by atoms with E-state index >= 15 is 0 Å². The van der Waals surface area contributed by atoms with E-state index in [4.69, 9.17) is 16.3 Å². The minimum absolute atomic E-state index is 0.143. The molecular formula is C22H23ClN4O2S. The smallest absolute Gasteiger partial charge is 0.234 e. The van der Waals surface area contributed by atoms with Crippen LogP contribution >= 0.6 is 23.4 Å². The van der Waals surface area contributed by atoms with E-state index in [1.807, 2.05) is 48.7 Å². The number of allylic oxidation sites excluding steroid dienone is 1. The van der Waals surface area contributed by atoms with Gasteiger partial charge in [-0.05, 0) is 43.7 Å². The molecule has 3 rings (SSSR count). The van der Waals surface area contributed by atoms with Gasteiger partial charge < -0.3 is 10.1 Å². The number of ether oxygens (including phenoxy) is 1. The number of hydrogen-bond donors (Lipinski definition) is 1. The molecule has 0 atom stereocenters. The number of carbonyl (C=O) groups excluding carboxylic acids is 1. The molecule has 3 aromatic rings. The molecule has 1 heterocycles. The van der Waals surface area contributed by atoms with Crippen molar-refractivity contribution in [2.45, 2.75) is 32.2 Å². The molecule has 1 amide bonds. The number of aromatic nitrogens is 3. The van der Waals surface area contributed by atoms with Crippen molar-refractivity contribution >= 4 is 35.0 Å². The number of aryl methyl sites for hydroxylation is 2. The number of amides is 1. The van der Waals surface area contributed by atoms with Crippen LogP contribution in [-0.2, 0) is 17.9 Å². The van der Waals surface area contributed by atoms with Crippen molar-refractivity contribution in [2.75, 3.05) is 11.1 Å². The van der Waals surface area contributed by atoms with Crippen LogP contribution in [0.5, 0.6) is 5.75 Å². The average Bonchev–Trinajstić information content (AvgIpc) is 3.11. The van der Waals surface area contributed by atoms with Gasteiger partial charge in [0, 0.05) is 17.3 Å². The summed E-state index contributed by atoms with van der Waals surface area (Å²) >= 11 is 7.32. The lowest BCUT2D eigenvalue weighted by molar-refractivity contribution is -0.113. The van der Waals surface area contributed by atoms with Crippen LogP contribution in [0.25, 0.3) is 0 Å². The fourth-order valence-electron chi connectivity index (χ4n) is 2.67. The Morgan fingerprint density at radius 2 is 2.00 bits per heavy atom. The van der Waals surface area contributed by atoms with Gasteiger partial charge in [-0.1, -0.05) is 53.2 Å². The molecular weight excluding hydrogens is 420 g/mol. The van der Waals surface area contributed by atoms with Gasteiger partial charge >= 0.3 is 0 Å². The zero-order chi connectivity index (χ0) is 21.5. The molecule has 0 spiro atoms. The SMILES string of the molecule is C=CCn1c(COc2ccc(C)cc2)nnc1SCC(=O)Nc1cc(Cl)ccc1C. The van der Waals surface area contributed by atoms with Gasteiger partial charge in [-0.2, -0.15) is 0 Å². The first kappa shape index (κ1) is 21.9. The summed E-state index contributed by atoms with van der Waals surface area (Å²) in [6.07, 6.45) is 1.76. The summed E-state index contributed by atoms with van der Waals surface area (Å²) in [6.45, 7) is 8.54. The van der Waals surface area contributed by atoms with Crippen LogP contribution in [0.4, 0.5) is 5.69 Å². The maximum Gasteiger partial charge on any atom is 0.234 e. The van der Waals surface area contributed by atoms with Crippen molar-refractivity contribution in [3.8, 4) is 5.75 Å². The summed E-state index contributed by atoms with van der Waals surface area (Å²) in [6, 6.07) is 13.2. The maximum atomic E-state index is 12.4. The van der Waals surface area contributed by atoms with Crippen molar-refractivity contribution in [2.24, 2.45) is 0 Å². The van der Waals surface area contributed by atoms with Crippen molar-refractivity contribution in [3.63, 3.8) is 0 Å². The van der Waals surface area contributed by atoms with Crippen molar-refractivity contribution in [1.82, 2.24) is 14.8 Å². The minimum Gasteiger partial charge on any atom is -0.486 e. The Balaban J connectivity index is 1.62. The van der Waals surface area contributed by atoms with Gasteiger partial charge in [0.05, 0.1) is 5.75 Å². The number of nitrogens with one attached hydrogen (secondary N) is 1. The van der Waals surface area contributed by atoms with E-state index in [0.717, 1.165) is 11.3 Å². The third-order valence-electron chi connectivity index (χ3n) is 4.30. The molecule has 0 aliphatic heterocycles. The number of carbonyl (C=O) groups is 1. The third-order valence-corrected chi connectivity index (χ3v) is 5.50. The second-order valence-electron chi connectivity index (χ2n) is 6.70. The summed E-state index contributed by atoms with van der Waals surface area (Å²) in [5.41, 5.74) is 2.82. The zero-order valence-electron chi connectivity index (χ0n) is 16.9. The molecule has 0 saturated carbocycles. The highest BCUT2D eigenvalue weighted by molar-refractivity contribution is 7.99. The van der Waals surface area contributed by atoms with Gasteiger partial charge in [0.25, 0.3) is 0 Å².